The molecule has 2 N–H and O–H groups in total. The highest BCUT2D eigenvalue weighted by atomic mass is 16.6. The molecule has 1 amide bonds. The second kappa shape index (κ2) is 7.75. The van der Waals surface area contributed by atoms with E-state index in [1.165, 1.54) is 35.0 Å². The zero-order valence-electron chi connectivity index (χ0n) is 16.4. The molecule has 2 heterocycles. The molecule has 0 aliphatic rings. The van der Waals surface area contributed by atoms with E-state index in [0.717, 1.165) is 10.1 Å². The fraction of sp³-hybridized carbons (Fsp3) is 0.0952. The van der Waals surface area contributed by atoms with Crippen molar-refractivity contribution in [3.63, 3.8) is 0 Å². The van der Waals surface area contributed by atoms with E-state index in [4.69, 9.17) is 0 Å². The summed E-state index contributed by atoms with van der Waals surface area (Å²) in [4.78, 5) is 51.2. The molecule has 4 aromatic rings. The molecule has 31 heavy (non-hydrogen) atoms. The van der Waals surface area contributed by atoms with Crippen molar-refractivity contribution in [3.05, 3.63) is 103 Å². The fourth-order valence-electron chi connectivity index (χ4n) is 3.35. The Morgan fingerprint density at radius 1 is 1.10 bits per heavy atom. The Morgan fingerprint density at radius 2 is 1.77 bits per heavy atom. The number of carbonyl (C=O) groups is 1. The van der Waals surface area contributed by atoms with Gasteiger partial charge in [0.1, 0.15) is 5.52 Å². The van der Waals surface area contributed by atoms with Crippen LogP contribution in [0.25, 0.3) is 11.0 Å². The number of nitro benzene ring substituents is 1. The van der Waals surface area contributed by atoms with Crippen LogP contribution < -0.4 is 16.6 Å². The summed E-state index contributed by atoms with van der Waals surface area (Å²) in [5.41, 5.74) is 0.303. The van der Waals surface area contributed by atoms with Gasteiger partial charge in [0.25, 0.3) is 17.2 Å². The number of nitrogens with one attached hydrogen (secondary N) is 2. The number of benzene rings is 2. The van der Waals surface area contributed by atoms with Crippen molar-refractivity contribution in [1.82, 2.24) is 14.1 Å². The highest BCUT2D eigenvalue weighted by Crippen LogP contribution is 2.19. The van der Waals surface area contributed by atoms with Gasteiger partial charge in [0.15, 0.2) is 0 Å². The van der Waals surface area contributed by atoms with Gasteiger partial charge < -0.3 is 14.9 Å². The Labute approximate surface area is 174 Å². The quantitative estimate of drug-likeness (QED) is 0.378. The van der Waals surface area contributed by atoms with Crippen LogP contribution in [0.5, 0.6) is 0 Å². The van der Waals surface area contributed by atoms with Crippen LogP contribution in [-0.2, 0) is 13.6 Å². The molecule has 0 saturated carbocycles. The highest BCUT2D eigenvalue weighted by molar-refractivity contribution is 6.11. The van der Waals surface area contributed by atoms with Gasteiger partial charge in [0, 0.05) is 31.1 Å². The number of nitro groups is 1. The van der Waals surface area contributed by atoms with Crippen LogP contribution in [0, 0.1) is 10.1 Å². The van der Waals surface area contributed by atoms with Crippen molar-refractivity contribution in [2.75, 3.05) is 5.32 Å². The second-order valence-corrected chi connectivity index (χ2v) is 6.94. The Kier molecular flexibility index (Phi) is 4.96. The third kappa shape index (κ3) is 3.73. The summed E-state index contributed by atoms with van der Waals surface area (Å²) in [6.07, 6.45) is 1.45. The maximum Gasteiger partial charge on any atom is 0.329 e. The Bertz CT molecular complexity index is 1420. The largest absolute Gasteiger partial charge is 0.344 e. The van der Waals surface area contributed by atoms with E-state index in [1.54, 1.807) is 7.05 Å². The molecule has 2 aromatic carbocycles. The lowest BCUT2D eigenvalue weighted by atomic mass is 10.2. The number of H-pyrrole nitrogens is 1. The normalized spacial score (nSPS) is 10.9. The van der Waals surface area contributed by atoms with Gasteiger partial charge in [-0.25, -0.2) is 4.79 Å². The van der Waals surface area contributed by atoms with Crippen molar-refractivity contribution in [2.24, 2.45) is 7.05 Å². The van der Waals surface area contributed by atoms with Crippen molar-refractivity contribution < 1.29 is 9.72 Å². The first-order valence-electron chi connectivity index (χ1n) is 9.27. The van der Waals surface area contributed by atoms with Gasteiger partial charge >= 0.3 is 5.69 Å². The minimum atomic E-state index is -0.628. The van der Waals surface area contributed by atoms with Gasteiger partial charge in [-0.2, -0.15) is 0 Å². The molecule has 0 atom stereocenters. The number of aryl methyl sites for hydroxylation is 1. The summed E-state index contributed by atoms with van der Waals surface area (Å²) < 4.78 is 2.57. The summed E-state index contributed by atoms with van der Waals surface area (Å²) in [6, 6.07) is 14.4. The first-order valence-corrected chi connectivity index (χ1v) is 9.27. The average Bonchev–Trinajstić information content (AvgIpc) is 3.08. The number of hydrogen-bond donors (Lipinski definition) is 2. The molecule has 0 bridgehead atoms. The number of amides is 1. The summed E-state index contributed by atoms with van der Waals surface area (Å²) >= 11 is 0. The standard InChI is InChI=1S/C21H17N5O5/c1-24-12-16(19(27)22-14-7-9-15(10-8-14)26(30)31)17-18(24)20(28)25(21(29)23-17)11-13-5-3-2-4-6-13/h2-10,12H,11H2,1H3,(H,22,27)(H,23,29). The SMILES string of the molecule is Cn1cc(C(=O)Nc2ccc([N+](=O)[O-])cc2)c2[nH]c(=O)n(Cc3ccccc3)c(=O)c21. The first-order chi connectivity index (χ1) is 14.8. The lowest BCUT2D eigenvalue weighted by Crippen LogP contribution is -2.36. The Morgan fingerprint density at radius 3 is 2.42 bits per heavy atom. The van der Waals surface area contributed by atoms with Gasteiger partial charge in [-0.1, -0.05) is 30.3 Å². The van der Waals surface area contributed by atoms with Crippen LogP contribution in [0.4, 0.5) is 11.4 Å². The van der Waals surface area contributed by atoms with E-state index in [1.807, 2.05) is 30.3 Å². The zero-order valence-corrected chi connectivity index (χ0v) is 16.4. The molecule has 156 valence electrons. The Hall–Kier alpha value is -4.47. The summed E-state index contributed by atoms with van der Waals surface area (Å²) in [7, 11) is 1.61. The molecule has 0 spiro atoms. The molecule has 0 fully saturated rings. The number of nitrogens with zero attached hydrogens (tertiary/aromatic N) is 3. The zero-order chi connectivity index (χ0) is 22.1. The predicted octanol–water partition coefficient (Wildman–Crippen LogP) is 2.24. The van der Waals surface area contributed by atoms with E-state index in [9.17, 15) is 24.5 Å². The summed E-state index contributed by atoms with van der Waals surface area (Å²) in [5, 5.41) is 13.4. The number of aromatic nitrogens is 3. The second-order valence-electron chi connectivity index (χ2n) is 6.94. The summed E-state index contributed by atoms with van der Waals surface area (Å²) in [6.45, 7) is 0.0977. The summed E-state index contributed by atoms with van der Waals surface area (Å²) in [5.74, 6) is -0.560. The molecule has 0 aliphatic heterocycles. The monoisotopic (exact) mass is 419 g/mol. The molecule has 0 saturated heterocycles. The molecule has 0 unspecified atom stereocenters. The third-order valence-electron chi connectivity index (χ3n) is 4.87. The van der Waals surface area contributed by atoms with Crippen LogP contribution in [0.1, 0.15) is 15.9 Å². The molecule has 0 radical (unpaired) electrons. The maximum absolute atomic E-state index is 13.0. The van der Waals surface area contributed by atoms with E-state index in [2.05, 4.69) is 10.3 Å². The lowest BCUT2D eigenvalue weighted by Gasteiger charge is -2.07. The molecule has 2 aromatic heterocycles. The molecule has 0 aliphatic carbocycles. The van der Waals surface area contributed by atoms with Gasteiger partial charge in [0.2, 0.25) is 0 Å². The fourth-order valence-corrected chi connectivity index (χ4v) is 3.35. The van der Waals surface area contributed by atoms with Crippen LogP contribution in [0.2, 0.25) is 0 Å². The minimum absolute atomic E-state index is 0.0977. The van der Waals surface area contributed by atoms with Crippen molar-refractivity contribution in [1.29, 1.82) is 0 Å². The molecule has 10 nitrogen and oxygen atoms in total. The van der Waals surface area contributed by atoms with Crippen molar-refractivity contribution >= 4 is 28.3 Å². The highest BCUT2D eigenvalue weighted by Gasteiger charge is 2.20. The lowest BCUT2D eigenvalue weighted by molar-refractivity contribution is -0.384. The Balaban J connectivity index is 1.71. The van der Waals surface area contributed by atoms with Gasteiger partial charge in [0.05, 0.1) is 22.5 Å². The predicted molar refractivity (Wildman–Crippen MR) is 114 cm³/mol. The topological polar surface area (TPSA) is 132 Å². The van der Waals surface area contributed by atoms with Gasteiger partial charge in [-0.15, -0.1) is 0 Å². The minimum Gasteiger partial charge on any atom is -0.344 e. The smallest absolute Gasteiger partial charge is 0.329 e. The van der Waals surface area contributed by atoms with Gasteiger partial charge in [-0.05, 0) is 17.7 Å². The van der Waals surface area contributed by atoms with Crippen LogP contribution in [0.3, 0.4) is 0 Å². The molecule has 4 rings (SSSR count). The first kappa shape index (κ1) is 19.8. The van der Waals surface area contributed by atoms with Crippen LogP contribution >= 0.6 is 0 Å². The van der Waals surface area contributed by atoms with E-state index < -0.39 is 22.1 Å². The van der Waals surface area contributed by atoms with Gasteiger partial charge in [-0.3, -0.25) is 24.3 Å². The molecular weight excluding hydrogens is 402 g/mol. The number of carbonyl (C=O) groups excluding carboxylic acids is 1. The number of hydrogen-bond acceptors (Lipinski definition) is 5. The number of rotatable bonds is 5. The number of fused-ring (bicyclic) bond motifs is 1. The van der Waals surface area contributed by atoms with Crippen LogP contribution in [0.15, 0.2) is 70.4 Å². The maximum atomic E-state index is 13.0. The van der Waals surface area contributed by atoms with Crippen molar-refractivity contribution in [3.8, 4) is 0 Å². The number of aromatic amines is 1. The number of anilines is 1. The van der Waals surface area contributed by atoms with E-state index >= 15 is 0 Å². The van der Waals surface area contributed by atoms with E-state index in [0.29, 0.717) is 5.69 Å². The number of non-ortho nitro benzene ring substituents is 1. The molecule has 10 heteroatoms. The average molecular weight is 419 g/mol. The molecular formula is C21H17N5O5. The van der Waals surface area contributed by atoms with E-state index in [-0.39, 0.29) is 28.8 Å². The van der Waals surface area contributed by atoms with Crippen molar-refractivity contribution in [2.45, 2.75) is 6.54 Å². The van der Waals surface area contributed by atoms with Crippen LogP contribution in [-0.4, -0.2) is 24.9 Å². The third-order valence-corrected chi connectivity index (χ3v) is 4.87.